The van der Waals surface area contributed by atoms with E-state index in [0.29, 0.717) is 11.3 Å². The molecule has 0 saturated heterocycles. The lowest BCUT2D eigenvalue weighted by Crippen LogP contribution is -2.42. The predicted octanol–water partition coefficient (Wildman–Crippen LogP) is 2.57. The Morgan fingerprint density at radius 1 is 1.32 bits per heavy atom. The molecule has 1 amide bonds. The Bertz CT molecular complexity index is 828. The summed E-state index contributed by atoms with van der Waals surface area (Å²) in [5, 5.41) is 13.2. The molecule has 1 heterocycles. The number of nitrogens with one attached hydrogen (secondary N) is 1. The summed E-state index contributed by atoms with van der Waals surface area (Å²) in [5.41, 5.74) is 0.876. The minimum absolute atomic E-state index is 0.0198. The van der Waals surface area contributed by atoms with Gasteiger partial charge in [-0.25, -0.2) is 4.79 Å². The average molecular weight is 359 g/mol. The number of aromatic nitrogens is 1. The number of hydrogen-bond acceptors (Lipinski definition) is 5. The first kappa shape index (κ1) is 18.9. The summed E-state index contributed by atoms with van der Waals surface area (Å²) in [6, 6.07) is 5.93. The highest BCUT2D eigenvalue weighted by Gasteiger charge is 2.19. The van der Waals surface area contributed by atoms with Crippen molar-refractivity contribution >= 4 is 41.5 Å². The van der Waals surface area contributed by atoms with Gasteiger partial charge in [-0.05, 0) is 44.4 Å². The number of hydrogen-bond donors (Lipinski definition) is 3. The molecule has 0 aliphatic carbocycles. The van der Waals surface area contributed by atoms with E-state index >= 15 is 0 Å². The molecule has 0 aliphatic rings. The van der Waals surface area contributed by atoms with Crippen LogP contribution in [0.1, 0.15) is 36.8 Å². The lowest BCUT2D eigenvalue weighted by molar-refractivity contribution is -0.138. The molecule has 0 radical (unpaired) electrons. The molecule has 0 aliphatic heterocycles. The number of amides is 1. The molecule has 1 aromatic carbocycles. The van der Waals surface area contributed by atoms with Crippen molar-refractivity contribution in [2.45, 2.75) is 32.4 Å². The Labute approximate surface area is 151 Å². The van der Waals surface area contributed by atoms with Crippen molar-refractivity contribution in [2.24, 2.45) is 4.99 Å². The SMILES string of the molecule is CC(C)(C)N=Cc1cc2cc(C(=O)NC(CS)C(=O)O)ccc2cn1. The summed E-state index contributed by atoms with van der Waals surface area (Å²) in [6.45, 7) is 5.98. The maximum atomic E-state index is 12.3. The molecule has 2 rings (SSSR count). The summed E-state index contributed by atoms with van der Waals surface area (Å²) in [7, 11) is 0. The van der Waals surface area contributed by atoms with Gasteiger partial charge in [0.25, 0.3) is 5.91 Å². The third-order valence-electron chi connectivity index (χ3n) is 3.38. The number of thiol groups is 1. The van der Waals surface area contributed by atoms with Gasteiger partial charge in [-0.3, -0.25) is 14.8 Å². The van der Waals surface area contributed by atoms with Gasteiger partial charge < -0.3 is 10.4 Å². The van der Waals surface area contributed by atoms with Crippen molar-refractivity contribution in [3.63, 3.8) is 0 Å². The van der Waals surface area contributed by atoms with E-state index in [1.54, 1.807) is 30.6 Å². The van der Waals surface area contributed by atoms with Gasteiger partial charge >= 0.3 is 5.97 Å². The number of carboxylic acid groups (broad SMARTS) is 1. The van der Waals surface area contributed by atoms with Crippen molar-refractivity contribution in [1.29, 1.82) is 0 Å². The number of rotatable bonds is 5. The first-order chi connectivity index (χ1) is 11.7. The lowest BCUT2D eigenvalue weighted by Gasteiger charge is -2.12. The standard InChI is InChI=1S/C18H21N3O3S/c1-18(2,3)20-9-14-7-13-6-11(4-5-12(13)8-19-14)16(22)21-15(10-25)17(23)24/h4-9,15,25H,10H2,1-3H3,(H,21,22)(H,23,24). The van der Waals surface area contributed by atoms with Crippen LogP contribution >= 0.6 is 12.6 Å². The molecule has 0 bridgehead atoms. The van der Waals surface area contributed by atoms with Crippen LogP contribution in [0, 0.1) is 0 Å². The second kappa shape index (κ2) is 7.65. The quantitative estimate of drug-likeness (QED) is 0.565. The molecule has 0 spiro atoms. The fraction of sp³-hybridized carbons (Fsp3) is 0.333. The Morgan fingerprint density at radius 3 is 2.64 bits per heavy atom. The largest absolute Gasteiger partial charge is 0.480 e. The summed E-state index contributed by atoms with van der Waals surface area (Å²) in [6.07, 6.45) is 3.42. The number of aliphatic carboxylic acids is 1. The molecule has 25 heavy (non-hydrogen) atoms. The molecule has 0 fully saturated rings. The van der Waals surface area contributed by atoms with Crippen LogP contribution in [0.25, 0.3) is 10.8 Å². The monoisotopic (exact) mass is 359 g/mol. The van der Waals surface area contributed by atoms with Crippen molar-refractivity contribution in [3.8, 4) is 0 Å². The van der Waals surface area contributed by atoms with Crippen LogP contribution in [-0.2, 0) is 4.79 Å². The molecule has 1 atom stereocenters. The molecular weight excluding hydrogens is 338 g/mol. The number of nitrogens with zero attached hydrogens (tertiary/aromatic N) is 2. The number of pyridine rings is 1. The number of aliphatic imine (C=N–C) groups is 1. The Kier molecular flexibility index (Phi) is 5.79. The van der Waals surface area contributed by atoms with Crippen LogP contribution in [0.15, 0.2) is 35.5 Å². The fourth-order valence-electron chi connectivity index (χ4n) is 2.06. The maximum Gasteiger partial charge on any atom is 0.327 e. The van der Waals surface area contributed by atoms with Gasteiger partial charge in [-0.2, -0.15) is 12.6 Å². The van der Waals surface area contributed by atoms with Gasteiger partial charge in [-0.15, -0.1) is 0 Å². The number of fused-ring (bicyclic) bond motifs is 1. The maximum absolute atomic E-state index is 12.3. The second-order valence-corrected chi connectivity index (χ2v) is 7.01. The number of carboxylic acids is 1. The van der Waals surface area contributed by atoms with Gasteiger partial charge in [-0.1, -0.05) is 6.07 Å². The van der Waals surface area contributed by atoms with E-state index in [9.17, 15) is 9.59 Å². The minimum Gasteiger partial charge on any atom is -0.480 e. The number of carbonyl (C=O) groups excluding carboxylic acids is 1. The highest BCUT2D eigenvalue weighted by Crippen LogP contribution is 2.17. The second-order valence-electron chi connectivity index (χ2n) is 6.65. The van der Waals surface area contributed by atoms with E-state index < -0.39 is 17.9 Å². The van der Waals surface area contributed by atoms with Gasteiger partial charge in [0.15, 0.2) is 0 Å². The van der Waals surface area contributed by atoms with E-state index in [1.165, 1.54) is 0 Å². The van der Waals surface area contributed by atoms with Crippen molar-refractivity contribution in [2.75, 3.05) is 5.75 Å². The van der Waals surface area contributed by atoms with Gasteiger partial charge in [0.05, 0.1) is 11.2 Å². The first-order valence-corrected chi connectivity index (χ1v) is 8.42. The molecule has 6 nitrogen and oxygen atoms in total. The zero-order valence-electron chi connectivity index (χ0n) is 14.4. The van der Waals surface area contributed by atoms with Gasteiger partial charge in [0, 0.05) is 29.1 Å². The molecule has 0 saturated carbocycles. The van der Waals surface area contributed by atoms with E-state index in [2.05, 4.69) is 27.9 Å². The highest BCUT2D eigenvalue weighted by atomic mass is 32.1. The Morgan fingerprint density at radius 2 is 2.04 bits per heavy atom. The van der Waals surface area contributed by atoms with E-state index in [0.717, 1.165) is 10.8 Å². The van der Waals surface area contributed by atoms with Crippen LogP contribution in [0.2, 0.25) is 0 Å². The van der Waals surface area contributed by atoms with Crippen LogP contribution in [-0.4, -0.2) is 45.5 Å². The van der Waals surface area contributed by atoms with E-state index in [-0.39, 0.29) is 11.3 Å². The molecule has 1 aromatic heterocycles. The molecule has 132 valence electrons. The summed E-state index contributed by atoms with van der Waals surface area (Å²) in [5.74, 6) is -1.55. The van der Waals surface area contributed by atoms with Gasteiger partial charge in [0.2, 0.25) is 0 Å². The van der Waals surface area contributed by atoms with Crippen LogP contribution in [0.3, 0.4) is 0 Å². The number of benzene rings is 1. The Hall–Kier alpha value is -2.41. The average Bonchev–Trinajstić information content (AvgIpc) is 2.55. The van der Waals surface area contributed by atoms with E-state index in [1.807, 2.05) is 26.8 Å². The van der Waals surface area contributed by atoms with Crippen LogP contribution in [0.5, 0.6) is 0 Å². The van der Waals surface area contributed by atoms with Crippen LogP contribution in [0.4, 0.5) is 0 Å². The normalized spacial score (nSPS) is 13.1. The summed E-state index contributed by atoms with van der Waals surface area (Å²) < 4.78 is 0. The van der Waals surface area contributed by atoms with Crippen molar-refractivity contribution in [3.05, 3.63) is 41.7 Å². The summed E-state index contributed by atoms with van der Waals surface area (Å²) >= 11 is 3.94. The molecule has 2 aromatic rings. The first-order valence-electron chi connectivity index (χ1n) is 7.79. The van der Waals surface area contributed by atoms with Crippen molar-refractivity contribution < 1.29 is 14.7 Å². The van der Waals surface area contributed by atoms with Gasteiger partial charge in [0.1, 0.15) is 6.04 Å². The molecule has 2 N–H and O–H groups in total. The number of carbonyl (C=O) groups is 2. The third-order valence-corrected chi connectivity index (χ3v) is 3.74. The zero-order valence-corrected chi connectivity index (χ0v) is 15.2. The highest BCUT2D eigenvalue weighted by molar-refractivity contribution is 7.80. The molecule has 1 unspecified atom stereocenters. The Balaban J connectivity index is 2.29. The van der Waals surface area contributed by atoms with E-state index in [4.69, 9.17) is 5.11 Å². The molecular formula is C18H21N3O3S. The van der Waals surface area contributed by atoms with Crippen molar-refractivity contribution in [1.82, 2.24) is 10.3 Å². The predicted molar refractivity (Wildman–Crippen MR) is 102 cm³/mol. The minimum atomic E-state index is -1.12. The lowest BCUT2D eigenvalue weighted by atomic mass is 10.1. The topological polar surface area (TPSA) is 91.7 Å². The fourth-order valence-corrected chi connectivity index (χ4v) is 2.30. The molecule has 7 heteroatoms. The van der Waals surface area contributed by atoms with Crippen LogP contribution < -0.4 is 5.32 Å². The smallest absolute Gasteiger partial charge is 0.327 e. The zero-order chi connectivity index (χ0) is 18.6. The third kappa shape index (κ3) is 5.29. The summed E-state index contributed by atoms with van der Waals surface area (Å²) in [4.78, 5) is 32.0.